The number of amidine groups is 1. The minimum Gasteiger partial charge on any atom is -0.497 e. The molecule has 2 aliphatic rings. The summed E-state index contributed by atoms with van der Waals surface area (Å²) in [5.74, 6) is 1.79. The van der Waals surface area contributed by atoms with Gasteiger partial charge in [0.05, 0.1) is 26.8 Å². The van der Waals surface area contributed by atoms with Gasteiger partial charge >= 0.3 is 6.02 Å². The summed E-state index contributed by atoms with van der Waals surface area (Å²) in [5, 5.41) is 2.07. The average Bonchev–Trinajstić information content (AvgIpc) is 3.01. The molecule has 8 nitrogen and oxygen atoms in total. The van der Waals surface area contributed by atoms with Gasteiger partial charge in [0.25, 0.3) is 0 Å². The zero-order valence-electron chi connectivity index (χ0n) is 23.3. The summed E-state index contributed by atoms with van der Waals surface area (Å²) in [6.45, 7) is 5.93. The smallest absolute Gasteiger partial charge is 0.305 e. The SMILES string of the molecule is C=CCN=C(NN1CCCCC1)O/C(C=O)=C/C1=CCC(N(c2ccc(OC)cc2)c2ccc(OC)cc2)C=C1. The number of aldehydes is 1. The molecule has 1 N–H and O–H groups in total. The van der Waals surface area contributed by atoms with Crippen molar-refractivity contribution in [3.63, 3.8) is 0 Å². The van der Waals surface area contributed by atoms with E-state index in [1.54, 1.807) is 26.4 Å². The summed E-state index contributed by atoms with van der Waals surface area (Å²) in [5.41, 5.74) is 6.19. The Labute approximate surface area is 236 Å². The highest BCUT2D eigenvalue weighted by molar-refractivity contribution is 5.81. The van der Waals surface area contributed by atoms with Crippen LogP contribution in [-0.2, 0) is 9.53 Å². The van der Waals surface area contributed by atoms with Crippen LogP contribution in [0.15, 0.2) is 102 Å². The third-order valence-corrected chi connectivity index (χ3v) is 6.75. The maximum atomic E-state index is 11.9. The molecule has 1 unspecified atom stereocenters. The van der Waals surface area contributed by atoms with E-state index in [1.807, 2.05) is 54.6 Å². The number of carbonyl (C=O) groups excluding carboxylic acids is 1. The van der Waals surface area contributed by atoms with Crippen LogP contribution in [-0.4, -0.2) is 57.2 Å². The van der Waals surface area contributed by atoms with Crippen molar-refractivity contribution in [1.29, 1.82) is 0 Å². The van der Waals surface area contributed by atoms with Crippen LogP contribution in [0.2, 0.25) is 0 Å². The highest BCUT2D eigenvalue weighted by atomic mass is 16.5. The second kappa shape index (κ2) is 14.7. The second-order valence-electron chi connectivity index (χ2n) is 9.49. The number of allylic oxidation sites excluding steroid dienone is 4. The van der Waals surface area contributed by atoms with Crippen LogP contribution >= 0.6 is 0 Å². The fourth-order valence-corrected chi connectivity index (χ4v) is 4.68. The minimum absolute atomic E-state index is 0.0602. The number of hydrazine groups is 1. The Bertz CT molecular complexity index is 1200. The summed E-state index contributed by atoms with van der Waals surface area (Å²) in [6.07, 6.45) is 14.6. The summed E-state index contributed by atoms with van der Waals surface area (Å²) >= 11 is 0. The molecule has 1 atom stereocenters. The second-order valence-corrected chi connectivity index (χ2v) is 9.49. The Hall–Kier alpha value is -4.30. The lowest BCUT2D eigenvalue weighted by Gasteiger charge is -2.33. The maximum Gasteiger partial charge on any atom is 0.305 e. The lowest BCUT2D eigenvalue weighted by Crippen LogP contribution is -2.46. The largest absolute Gasteiger partial charge is 0.497 e. The first-order valence-corrected chi connectivity index (χ1v) is 13.6. The first-order valence-electron chi connectivity index (χ1n) is 13.6. The molecular formula is C32H38N4O4. The molecule has 0 amide bonds. The van der Waals surface area contributed by atoms with Crippen LogP contribution < -0.4 is 19.8 Å². The third kappa shape index (κ3) is 7.86. The van der Waals surface area contributed by atoms with Crippen molar-refractivity contribution in [2.75, 3.05) is 38.8 Å². The van der Waals surface area contributed by atoms with E-state index in [0.717, 1.165) is 60.8 Å². The van der Waals surface area contributed by atoms with Gasteiger partial charge in [0.15, 0.2) is 12.0 Å². The van der Waals surface area contributed by atoms with E-state index in [9.17, 15) is 4.79 Å². The van der Waals surface area contributed by atoms with Gasteiger partial charge in [0, 0.05) is 24.5 Å². The van der Waals surface area contributed by atoms with Crippen LogP contribution in [0.4, 0.5) is 11.4 Å². The van der Waals surface area contributed by atoms with Crippen molar-refractivity contribution in [2.24, 2.45) is 4.99 Å². The Balaban J connectivity index is 1.51. The molecule has 1 fully saturated rings. The lowest BCUT2D eigenvalue weighted by atomic mass is 9.99. The lowest BCUT2D eigenvalue weighted by molar-refractivity contribution is -0.106. The molecule has 0 bridgehead atoms. The number of benzene rings is 2. The van der Waals surface area contributed by atoms with Crippen LogP contribution in [0, 0.1) is 0 Å². The van der Waals surface area contributed by atoms with E-state index in [4.69, 9.17) is 14.2 Å². The quantitative estimate of drug-likeness (QED) is 0.0971. The molecule has 2 aromatic rings. The molecule has 40 heavy (non-hydrogen) atoms. The molecule has 0 radical (unpaired) electrons. The number of piperidine rings is 1. The monoisotopic (exact) mass is 542 g/mol. The number of rotatable bonds is 11. The van der Waals surface area contributed by atoms with Gasteiger partial charge in [0.2, 0.25) is 0 Å². The normalized spacial score (nSPS) is 17.9. The molecule has 1 aliphatic carbocycles. The fourth-order valence-electron chi connectivity index (χ4n) is 4.68. The van der Waals surface area contributed by atoms with Crippen molar-refractivity contribution >= 4 is 23.7 Å². The molecule has 1 aliphatic heterocycles. The predicted octanol–water partition coefficient (Wildman–Crippen LogP) is 5.73. The van der Waals surface area contributed by atoms with E-state index in [-0.39, 0.29) is 11.8 Å². The van der Waals surface area contributed by atoms with E-state index in [1.165, 1.54) is 6.42 Å². The molecule has 0 aromatic heterocycles. The first-order chi connectivity index (χ1) is 19.6. The fraction of sp³-hybridized carbons (Fsp3) is 0.312. The molecule has 8 heteroatoms. The van der Waals surface area contributed by atoms with E-state index in [2.05, 4.69) is 39.1 Å². The minimum atomic E-state index is 0.0602. The van der Waals surface area contributed by atoms with Gasteiger partial charge in [0.1, 0.15) is 11.5 Å². The van der Waals surface area contributed by atoms with Gasteiger partial charge in [-0.1, -0.05) is 30.7 Å². The molecule has 4 rings (SSSR count). The Kier molecular flexibility index (Phi) is 10.6. The van der Waals surface area contributed by atoms with Gasteiger partial charge in [-0.05, 0) is 79.4 Å². The maximum absolute atomic E-state index is 11.9. The number of anilines is 2. The highest BCUT2D eigenvalue weighted by Crippen LogP contribution is 2.33. The van der Waals surface area contributed by atoms with Crippen molar-refractivity contribution in [1.82, 2.24) is 10.4 Å². The van der Waals surface area contributed by atoms with E-state index < -0.39 is 0 Å². The molecule has 0 saturated carbocycles. The van der Waals surface area contributed by atoms with E-state index in [0.29, 0.717) is 18.9 Å². The standard InChI is InChI=1S/C32H38N4O4/c1-4-20-33-32(34-35-21-6-5-7-22-35)40-31(24-37)23-25-8-10-26(11-9-25)36(27-12-16-29(38-2)17-13-27)28-14-18-30(39-3)19-15-28/h4,8-10,12-19,23-24,26H,1,5-7,11,20-22H2,2-3H3,(H,33,34)/b31-23+. The number of hydrogen-bond acceptors (Lipinski definition) is 7. The van der Waals surface area contributed by atoms with Gasteiger partial charge in [-0.3, -0.25) is 10.2 Å². The molecule has 210 valence electrons. The van der Waals surface area contributed by atoms with Crippen molar-refractivity contribution in [3.05, 3.63) is 96.8 Å². The summed E-state index contributed by atoms with van der Waals surface area (Å²) < 4.78 is 16.6. The average molecular weight is 543 g/mol. The van der Waals surface area contributed by atoms with Crippen molar-refractivity contribution < 1.29 is 19.0 Å². The number of methoxy groups -OCH3 is 2. The van der Waals surface area contributed by atoms with Crippen molar-refractivity contribution in [3.8, 4) is 11.5 Å². The topological polar surface area (TPSA) is 75.6 Å². The molecule has 1 saturated heterocycles. The number of carbonyl (C=O) groups is 1. The summed E-state index contributed by atoms with van der Waals surface area (Å²) in [4.78, 5) is 18.6. The molecule has 0 spiro atoms. The van der Waals surface area contributed by atoms with Crippen molar-refractivity contribution in [2.45, 2.75) is 31.7 Å². The number of nitrogens with one attached hydrogen (secondary N) is 1. The predicted molar refractivity (Wildman–Crippen MR) is 160 cm³/mol. The molecular weight excluding hydrogens is 504 g/mol. The Morgan fingerprint density at radius 2 is 1.65 bits per heavy atom. The number of aliphatic imine (C=N–C) groups is 1. The molecule has 1 heterocycles. The van der Waals surface area contributed by atoms with Gasteiger partial charge in [-0.2, -0.15) is 0 Å². The first kappa shape index (κ1) is 28.7. The van der Waals surface area contributed by atoms with Gasteiger partial charge < -0.3 is 19.1 Å². The third-order valence-electron chi connectivity index (χ3n) is 6.75. The Morgan fingerprint density at radius 1 is 1.02 bits per heavy atom. The molecule has 2 aromatic carbocycles. The van der Waals surface area contributed by atoms with Crippen LogP contribution in [0.25, 0.3) is 0 Å². The van der Waals surface area contributed by atoms with E-state index >= 15 is 0 Å². The van der Waals surface area contributed by atoms with Crippen LogP contribution in [0.5, 0.6) is 11.5 Å². The summed E-state index contributed by atoms with van der Waals surface area (Å²) in [7, 11) is 3.32. The van der Waals surface area contributed by atoms with Crippen LogP contribution in [0.3, 0.4) is 0 Å². The highest BCUT2D eigenvalue weighted by Gasteiger charge is 2.21. The van der Waals surface area contributed by atoms with Gasteiger partial charge in [-0.25, -0.2) is 10.0 Å². The van der Waals surface area contributed by atoms with Crippen LogP contribution in [0.1, 0.15) is 25.7 Å². The zero-order chi connectivity index (χ0) is 28.2. The number of ether oxygens (including phenoxy) is 3. The summed E-state index contributed by atoms with van der Waals surface area (Å²) in [6, 6.07) is 16.4. The number of hydrogen-bond donors (Lipinski definition) is 1. The Morgan fingerprint density at radius 3 is 2.15 bits per heavy atom. The zero-order valence-corrected chi connectivity index (χ0v) is 23.3. The number of nitrogens with zero attached hydrogens (tertiary/aromatic N) is 3. The van der Waals surface area contributed by atoms with Gasteiger partial charge in [-0.15, -0.1) is 6.58 Å².